The monoisotopic (exact) mass is 492 g/mol. The summed E-state index contributed by atoms with van der Waals surface area (Å²) in [5, 5.41) is 16.9. The standard InChI is InChI=1S/C27H38N6O.C2H6/c1-7-11-23(12-8-2)21-32(6)26-17-16-25-29-30-27(33(25)31-26)22(5)14-15-24(13-9-3)28-18-20-34-19-10-4;1-2/h7-9,11-17,22,28H,1,3,10,18-21H2,2,4-6H3;1-2H3/b12-8-,15-14-,23-11+,24-13+;. The second kappa shape index (κ2) is 17.9. The molecule has 1 atom stereocenters. The molecular weight excluding hydrogens is 448 g/mol. The third-order valence-electron chi connectivity index (χ3n) is 4.99. The molecule has 0 bridgehead atoms. The summed E-state index contributed by atoms with van der Waals surface area (Å²) in [6.45, 7) is 20.7. The minimum Gasteiger partial charge on any atom is -0.383 e. The molecule has 0 amide bonds. The van der Waals surface area contributed by atoms with E-state index in [4.69, 9.17) is 9.84 Å². The first-order chi connectivity index (χ1) is 17.5. The van der Waals surface area contributed by atoms with Crippen LogP contribution in [0.2, 0.25) is 0 Å². The third-order valence-corrected chi connectivity index (χ3v) is 4.99. The van der Waals surface area contributed by atoms with Gasteiger partial charge < -0.3 is 15.0 Å². The number of allylic oxidation sites excluding steroid dienone is 7. The predicted octanol–water partition coefficient (Wildman–Crippen LogP) is 6.02. The van der Waals surface area contributed by atoms with Gasteiger partial charge in [0.1, 0.15) is 5.82 Å². The number of anilines is 1. The zero-order valence-electron chi connectivity index (χ0n) is 22.9. The molecule has 0 aliphatic heterocycles. The largest absolute Gasteiger partial charge is 0.383 e. The quantitative estimate of drug-likeness (QED) is 0.242. The van der Waals surface area contributed by atoms with E-state index >= 15 is 0 Å². The van der Waals surface area contributed by atoms with Gasteiger partial charge in [0.2, 0.25) is 0 Å². The Morgan fingerprint density at radius 3 is 2.56 bits per heavy atom. The van der Waals surface area contributed by atoms with E-state index in [0.29, 0.717) is 13.2 Å². The van der Waals surface area contributed by atoms with Crippen molar-refractivity contribution in [1.29, 1.82) is 0 Å². The summed E-state index contributed by atoms with van der Waals surface area (Å²) < 4.78 is 7.36. The molecule has 0 aromatic carbocycles. The van der Waals surface area contributed by atoms with E-state index in [1.165, 1.54) is 0 Å². The maximum atomic E-state index is 5.54. The molecule has 2 heterocycles. The minimum atomic E-state index is 0.00802. The van der Waals surface area contributed by atoms with Crippen LogP contribution < -0.4 is 10.2 Å². The number of rotatable bonds is 15. The number of hydrogen-bond acceptors (Lipinski definition) is 6. The van der Waals surface area contributed by atoms with Crippen LogP contribution in [0.4, 0.5) is 5.82 Å². The number of nitrogens with one attached hydrogen (secondary N) is 1. The van der Waals surface area contributed by atoms with E-state index in [1.54, 1.807) is 12.2 Å². The van der Waals surface area contributed by atoms with Crippen LogP contribution in [-0.2, 0) is 4.74 Å². The van der Waals surface area contributed by atoms with E-state index in [9.17, 15) is 0 Å². The van der Waals surface area contributed by atoms with Gasteiger partial charge in [-0.1, -0.05) is 77.3 Å². The fraction of sp³-hybridized carbons (Fsp3) is 0.414. The lowest BCUT2D eigenvalue weighted by Gasteiger charge is -2.19. The molecule has 0 aliphatic carbocycles. The first-order valence-corrected chi connectivity index (χ1v) is 12.7. The van der Waals surface area contributed by atoms with Crippen LogP contribution in [-0.4, -0.2) is 53.2 Å². The molecule has 0 saturated heterocycles. The topological polar surface area (TPSA) is 67.6 Å². The molecule has 0 fully saturated rings. The Balaban J connectivity index is 0.00000316. The van der Waals surface area contributed by atoms with Gasteiger partial charge in [-0.3, -0.25) is 0 Å². The highest BCUT2D eigenvalue weighted by atomic mass is 16.5. The fourth-order valence-electron chi connectivity index (χ4n) is 3.31. The van der Waals surface area contributed by atoms with E-state index in [-0.39, 0.29) is 5.92 Å². The zero-order chi connectivity index (χ0) is 26.8. The van der Waals surface area contributed by atoms with E-state index in [1.807, 2.05) is 68.8 Å². The molecule has 2 aromatic rings. The Hall–Kier alpha value is -3.45. The number of hydrogen-bond donors (Lipinski definition) is 1. The van der Waals surface area contributed by atoms with Gasteiger partial charge in [-0.15, -0.1) is 15.3 Å². The number of likely N-dealkylation sites (N-methyl/N-ethyl adjacent to an activating group) is 1. The van der Waals surface area contributed by atoms with Crippen molar-refractivity contribution in [3.8, 4) is 0 Å². The second-order valence-electron chi connectivity index (χ2n) is 7.90. The van der Waals surface area contributed by atoms with Crippen LogP contribution in [0.25, 0.3) is 5.65 Å². The molecular formula is C29H44N6O. The van der Waals surface area contributed by atoms with Gasteiger partial charge >= 0.3 is 0 Å². The number of nitrogens with zero attached hydrogens (tertiary/aromatic N) is 5. The van der Waals surface area contributed by atoms with Gasteiger partial charge in [-0.05, 0) is 43.2 Å². The Morgan fingerprint density at radius 2 is 1.89 bits per heavy atom. The van der Waals surface area contributed by atoms with Crippen molar-refractivity contribution in [2.24, 2.45) is 0 Å². The highest BCUT2D eigenvalue weighted by Crippen LogP contribution is 2.18. The summed E-state index contributed by atoms with van der Waals surface area (Å²) in [5.41, 5.74) is 2.83. The van der Waals surface area contributed by atoms with Crippen molar-refractivity contribution in [1.82, 2.24) is 25.1 Å². The lowest BCUT2D eigenvalue weighted by atomic mass is 10.1. The smallest absolute Gasteiger partial charge is 0.178 e. The summed E-state index contributed by atoms with van der Waals surface area (Å²) in [6.07, 6.45) is 16.7. The highest BCUT2D eigenvalue weighted by Gasteiger charge is 2.14. The van der Waals surface area contributed by atoms with Crippen molar-refractivity contribution in [2.75, 3.05) is 38.3 Å². The highest BCUT2D eigenvalue weighted by molar-refractivity contribution is 5.47. The van der Waals surface area contributed by atoms with E-state index < -0.39 is 0 Å². The maximum Gasteiger partial charge on any atom is 0.178 e. The van der Waals surface area contributed by atoms with Crippen molar-refractivity contribution in [3.63, 3.8) is 0 Å². The average molecular weight is 493 g/mol. The first-order valence-electron chi connectivity index (χ1n) is 12.7. The zero-order valence-corrected chi connectivity index (χ0v) is 22.9. The molecule has 0 radical (unpaired) electrons. The lowest BCUT2D eigenvalue weighted by molar-refractivity contribution is 0.138. The van der Waals surface area contributed by atoms with Gasteiger partial charge in [-0.25, -0.2) is 0 Å². The third kappa shape index (κ3) is 10.0. The van der Waals surface area contributed by atoms with E-state index in [2.05, 4.69) is 59.6 Å². The summed E-state index contributed by atoms with van der Waals surface area (Å²) in [6, 6.07) is 3.91. The Labute approximate surface area is 217 Å². The van der Waals surface area contributed by atoms with Gasteiger partial charge in [0, 0.05) is 38.4 Å². The molecule has 0 spiro atoms. The second-order valence-corrected chi connectivity index (χ2v) is 7.90. The van der Waals surface area contributed by atoms with Crippen LogP contribution in [0.3, 0.4) is 0 Å². The van der Waals surface area contributed by atoms with E-state index in [0.717, 1.165) is 48.1 Å². The molecule has 1 N–H and O–H groups in total. The van der Waals surface area contributed by atoms with Gasteiger partial charge in [-0.2, -0.15) is 4.52 Å². The molecule has 7 heteroatoms. The molecule has 2 aromatic heterocycles. The SMILES string of the molecule is C=C/C=C(\C=C/C)CN(C)c1ccc2nnc(C(C)/C=C\C(=C/C=C)NCCOCCC)n2n1.CC. The predicted molar refractivity (Wildman–Crippen MR) is 153 cm³/mol. The van der Waals surface area contributed by atoms with Crippen LogP contribution in [0.1, 0.15) is 52.8 Å². The molecule has 2 rings (SSSR count). The molecule has 1 unspecified atom stereocenters. The lowest BCUT2D eigenvalue weighted by Crippen LogP contribution is -2.22. The Bertz CT molecular complexity index is 1050. The first kappa shape index (κ1) is 30.6. The molecule has 0 aliphatic rings. The van der Waals surface area contributed by atoms with Crippen LogP contribution in [0, 0.1) is 0 Å². The average Bonchev–Trinajstić information content (AvgIpc) is 3.32. The van der Waals surface area contributed by atoms with Crippen molar-refractivity contribution in [3.05, 3.63) is 91.0 Å². The minimum absolute atomic E-state index is 0.00802. The Kier molecular flexibility index (Phi) is 15.2. The molecule has 36 heavy (non-hydrogen) atoms. The van der Waals surface area contributed by atoms with Gasteiger partial charge in [0.05, 0.1) is 6.61 Å². The van der Waals surface area contributed by atoms with Crippen molar-refractivity contribution >= 4 is 11.5 Å². The van der Waals surface area contributed by atoms with Crippen LogP contribution in [0.5, 0.6) is 0 Å². The molecule has 7 nitrogen and oxygen atoms in total. The van der Waals surface area contributed by atoms with Gasteiger partial charge in [0.25, 0.3) is 0 Å². The number of fused-ring (bicyclic) bond motifs is 1. The molecule has 0 saturated carbocycles. The maximum absolute atomic E-state index is 5.54. The Morgan fingerprint density at radius 1 is 1.14 bits per heavy atom. The van der Waals surface area contributed by atoms with Crippen molar-refractivity contribution < 1.29 is 4.74 Å². The van der Waals surface area contributed by atoms with Gasteiger partial charge in [0.15, 0.2) is 11.5 Å². The summed E-state index contributed by atoms with van der Waals surface area (Å²) in [4.78, 5) is 2.09. The summed E-state index contributed by atoms with van der Waals surface area (Å²) in [5.74, 6) is 1.62. The molecule has 196 valence electrons. The number of aromatic nitrogens is 4. The van der Waals surface area contributed by atoms with Crippen LogP contribution in [0.15, 0.2) is 85.2 Å². The fourth-order valence-corrected chi connectivity index (χ4v) is 3.31. The summed E-state index contributed by atoms with van der Waals surface area (Å²) >= 11 is 0. The summed E-state index contributed by atoms with van der Waals surface area (Å²) in [7, 11) is 2.02. The normalized spacial score (nSPS) is 13.1. The van der Waals surface area contributed by atoms with Crippen molar-refractivity contribution in [2.45, 2.75) is 47.0 Å². The van der Waals surface area contributed by atoms with Crippen LogP contribution >= 0.6 is 0 Å². The number of ether oxygens (including phenoxy) is 1.